The second kappa shape index (κ2) is 6.62. The zero-order valence-corrected chi connectivity index (χ0v) is 14.7. The van der Waals surface area contributed by atoms with Crippen LogP contribution in [-0.4, -0.2) is 17.4 Å². The first-order valence-corrected chi connectivity index (χ1v) is 8.76. The van der Waals surface area contributed by atoms with Gasteiger partial charge in [-0.2, -0.15) is 0 Å². The van der Waals surface area contributed by atoms with Gasteiger partial charge in [0.05, 0.1) is 5.41 Å². The van der Waals surface area contributed by atoms with Gasteiger partial charge in [0.25, 0.3) is 0 Å². The molecule has 2 fully saturated rings. The molecule has 0 radical (unpaired) electrons. The van der Waals surface area contributed by atoms with Crippen LogP contribution in [0.1, 0.15) is 65.7 Å². The van der Waals surface area contributed by atoms with Crippen LogP contribution in [0.25, 0.3) is 0 Å². The Morgan fingerprint density at radius 1 is 1.39 bits per heavy atom. The lowest BCUT2D eigenvalue weighted by Crippen LogP contribution is -2.53. The van der Waals surface area contributed by atoms with Gasteiger partial charge in [0, 0.05) is 6.42 Å². The highest BCUT2D eigenvalue weighted by Gasteiger charge is 2.57. The third-order valence-corrected chi connectivity index (χ3v) is 6.62. The summed E-state index contributed by atoms with van der Waals surface area (Å²) < 4.78 is 0. The van der Waals surface area contributed by atoms with E-state index in [-0.39, 0.29) is 11.3 Å². The van der Waals surface area contributed by atoms with E-state index in [0.717, 1.165) is 50.4 Å². The summed E-state index contributed by atoms with van der Waals surface area (Å²) >= 11 is 0. The number of rotatable bonds is 5. The molecule has 4 atom stereocenters. The number of hydrogen-bond acceptors (Lipinski definition) is 2. The standard InChI is InChI=1S/C20H30O3/c1-14(10-13-21)6-8-16-15(2)7-9-17-19(16,3)11-5-12-20(17,4)18(22)23/h6,13,16-17H,2,5,7-12H2,1,3-4H3,(H,22,23). The molecule has 2 aliphatic carbocycles. The van der Waals surface area contributed by atoms with Crippen molar-refractivity contribution in [3.63, 3.8) is 0 Å². The number of carboxylic acid groups (broad SMARTS) is 1. The van der Waals surface area contributed by atoms with Crippen LogP contribution < -0.4 is 0 Å². The summed E-state index contributed by atoms with van der Waals surface area (Å²) in [4.78, 5) is 22.6. The van der Waals surface area contributed by atoms with E-state index in [2.05, 4.69) is 19.6 Å². The Morgan fingerprint density at radius 3 is 2.70 bits per heavy atom. The number of carboxylic acids is 1. The SMILES string of the molecule is C=C1CCC2C(C)(C(=O)O)CCCC2(C)C1CC=C(C)CC=O. The topological polar surface area (TPSA) is 54.4 Å². The van der Waals surface area contributed by atoms with E-state index in [4.69, 9.17) is 0 Å². The summed E-state index contributed by atoms with van der Waals surface area (Å²) in [6.07, 6.45) is 9.13. The first-order chi connectivity index (χ1) is 10.8. The molecule has 0 heterocycles. The average molecular weight is 318 g/mol. The van der Waals surface area contributed by atoms with Crippen LogP contribution in [0.15, 0.2) is 23.8 Å². The first kappa shape index (κ1) is 18.0. The minimum atomic E-state index is -0.646. The fourth-order valence-electron chi connectivity index (χ4n) is 5.17. The quantitative estimate of drug-likeness (QED) is 0.586. The molecule has 0 bridgehead atoms. The van der Waals surface area contributed by atoms with Crippen molar-refractivity contribution in [2.45, 2.75) is 65.7 Å². The van der Waals surface area contributed by atoms with Gasteiger partial charge < -0.3 is 9.90 Å². The molecule has 3 heteroatoms. The van der Waals surface area contributed by atoms with E-state index in [1.54, 1.807) is 0 Å². The van der Waals surface area contributed by atoms with E-state index in [0.29, 0.717) is 12.3 Å². The number of aliphatic carboxylic acids is 1. The Bertz CT molecular complexity index is 533. The van der Waals surface area contributed by atoms with Crippen molar-refractivity contribution in [2.75, 3.05) is 0 Å². The third kappa shape index (κ3) is 3.15. The number of allylic oxidation sites excluding steroid dienone is 3. The van der Waals surface area contributed by atoms with E-state index < -0.39 is 11.4 Å². The van der Waals surface area contributed by atoms with Gasteiger partial charge >= 0.3 is 5.97 Å². The monoisotopic (exact) mass is 318 g/mol. The minimum Gasteiger partial charge on any atom is -0.481 e. The second-order valence-electron chi connectivity index (χ2n) is 8.04. The van der Waals surface area contributed by atoms with Gasteiger partial charge in [-0.1, -0.05) is 37.1 Å². The van der Waals surface area contributed by atoms with E-state index >= 15 is 0 Å². The molecule has 0 aromatic carbocycles. The maximum Gasteiger partial charge on any atom is 0.309 e. The summed E-state index contributed by atoms with van der Waals surface area (Å²) in [6.45, 7) is 10.5. The predicted molar refractivity (Wildman–Crippen MR) is 92.1 cm³/mol. The Labute approximate surface area is 139 Å². The molecule has 3 nitrogen and oxygen atoms in total. The van der Waals surface area contributed by atoms with Crippen LogP contribution in [0.3, 0.4) is 0 Å². The molecule has 23 heavy (non-hydrogen) atoms. The molecule has 0 aromatic heterocycles. The van der Waals surface area contributed by atoms with Crippen molar-refractivity contribution < 1.29 is 14.7 Å². The molecule has 0 aliphatic heterocycles. The molecule has 4 unspecified atom stereocenters. The molecule has 2 aliphatic rings. The first-order valence-electron chi connectivity index (χ1n) is 8.76. The van der Waals surface area contributed by atoms with Gasteiger partial charge in [-0.25, -0.2) is 0 Å². The van der Waals surface area contributed by atoms with Crippen molar-refractivity contribution in [1.82, 2.24) is 0 Å². The lowest BCUT2D eigenvalue weighted by atomic mass is 9.46. The van der Waals surface area contributed by atoms with Crippen LogP contribution in [0.4, 0.5) is 0 Å². The van der Waals surface area contributed by atoms with Crippen LogP contribution in [-0.2, 0) is 9.59 Å². The number of fused-ring (bicyclic) bond motifs is 1. The summed E-state index contributed by atoms with van der Waals surface area (Å²) in [5, 5.41) is 9.82. The number of hydrogen-bond donors (Lipinski definition) is 1. The number of carbonyl (C=O) groups excluding carboxylic acids is 1. The Hall–Kier alpha value is -1.38. The second-order valence-corrected chi connectivity index (χ2v) is 8.04. The summed E-state index contributed by atoms with van der Waals surface area (Å²) in [5.74, 6) is -0.120. The van der Waals surface area contributed by atoms with Crippen molar-refractivity contribution >= 4 is 12.3 Å². The third-order valence-electron chi connectivity index (χ3n) is 6.62. The maximum atomic E-state index is 11.9. The number of carbonyl (C=O) groups is 2. The summed E-state index contributed by atoms with van der Waals surface area (Å²) in [5.41, 5.74) is 1.73. The van der Waals surface area contributed by atoms with Gasteiger partial charge in [0.2, 0.25) is 0 Å². The smallest absolute Gasteiger partial charge is 0.309 e. The highest BCUT2D eigenvalue weighted by molar-refractivity contribution is 5.75. The molecule has 0 spiro atoms. The lowest BCUT2D eigenvalue weighted by Gasteiger charge is -2.57. The van der Waals surface area contributed by atoms with Crippen LogP contribution in [0.5, 0.6) is 0 Å². The Balaban J connectivity index is 2.31. The van der Waals surface area contributed by atoms with E-state index in [1.807, 2.05) is 13.8 Å². The zero-order valence-electron chi connectivity index (χ0n) is 14.7. The fraction of sp³-hybridized carbons (Fsp3) is 0.700. The molecule has 2 rings (SSSR count). The molecule has 0 amide bonds. The molecular weight excluding hydrogens is 288 g/mol. The Morgan fingerprint density at radius 2 is 2.09 bits per heavy atom. The molecule has 1 N–H and O–H groups in total. The lowest BCUT2D eigenvalue weighted by molar-refractivity contribution is -0.164. The highest BCUT2D eigenvalue weighted by atomic mass is 16.4. The zero-order chi connectivity index (χ0) is 17.3. The van der Waals surface area contributed by atoms with Gasteiger partial charge in [-0.05, 0) is 63.2 Å². The van der Waals surface area contributed by atoms with Gasteiger partial charge in [0.15, 0.2) is 0 Å². The van der Waals surface area contributed by atoms with E-state index in [1.165, 1.54) is 5.57 Å². The van der Waals surface area contributed by atoms with Crippen molar-refractivity contribution in [2.24, 2.45) is 22.7 Å². The molecule has 0 aromatic rings. The molecule has 2 saturated carbocycles. The van der Waals surface area contributed by atoms with Crippen molar-refractivity contribution in [3.8, 4) is 0 Å². The summed E-state index contributed by atoms with van der Waals surface area (Å²) in [7, 11) is 0. The maximum absolute atomic E-state index is 11.9. The van der Waals surface area contributed by atoms with Crippen molar-refractivity contribution in [3.05, 3.63) is 23.8 Å². The van der Waals surface area contributed by atoms with Crippen LogP contribution >= 0.6 is 0 Å². The van der Waals surface area contributed by atoms with Gasteiger partial charge in [0.1, 0.15) is 6.29 Å². The normalized spacial score (nSPS) is 38.0. The average Bonchev–Trinajstić information content (AvgIpc) is 2.46. The van der Waals surface area contributed by atoms with Gasteiger partial charge in [-0.15, -0.1) is 0 Å². The van der Waals surface area contributed by atoms with Crippen molar-refractivity contribution in [1.29, 1.82) is 0 Å². The van der Waals surface area contributed by atoms with E-state index in [9.17, 15) is 14.7 Å². The fourth-order valence-corrected chi connectivity index (χ4v) is 5.17. The molecular formula is C20H30O3. The minimum absolute atomic E-state index is 0.00131. The van der Waals surface area contributed by atoms with Gasteiger partial charge in [-0.3, -0.25) is 4.79 Å². The predicted octanol–water partition coefficient (Wildman–Crippen LogP) is 4.78. The molecule has 0 saturated heterocycles. The number of aldehydes is 1. The highest BCUT2D eigenvalue weighted by Crippen LogP contribution is 2.61. The molecule has 128 valence electrons. The van der Waals surface area contributed by atoms with Crippen LogP contribution in [0.2, 0.25) is 0 Å². The summed E-state index contributed by atoms with van der Waals surface area (Å²) in [6, 6.07) is 0. The largest absolute Gasteiger partial charge is 0.481 e. The van der Waals surface area contributed by atoms with Crippen LogP contribution in [0, 0.1) is 22.7 Å². The Kier molecular flexibility index (Phi) is 5.17.